The summed E-state index contributed by atoms with van der Waals surface area (Å²) >= 11 is 1.55. The Balaban J connectivity index is 2.05. The van der Waals surface area contributed by atoms with Crippen LogP contribution in [-0.4, -0.2) is 16.6 Å². The third-order valence-electron chi connectivity index (χ3n) is 2.71. The van der Waals surface area contributed by atoms with Gasteiger partial charge in [0.05, 0.1) is 6.42 Å². The van der Waals surface area contributed by atoms with Gasteiger partial charge in [-0.15, -0.1) is 11.3 Å². The zero-order valence-electron chi connectivity index (χ0n) is 11.0. The van der Waals surface area contributed by atoms with Crippen LogP contribution in [0.5, 0.6) is 0 Å². The zero-order chi connectivity index (χ0) is 13.8. The molecule has 1 aromatic heterocycles. The highest BCUT2D eigenvalue weighted by Crippen LogP contribution is 2.15. The predicted molar refractivity (Wildman–Crippen MR) is 75.7 cm³/mol. The average molecular weight is 273 g/mol. The van der Waals surface area contributed by atoms with E-state index in [-0.39, 0.29) is 11.6 Å². The van der Waals surface area contributed by atoms with Crippen LogP contribution in [0.3, 0.4) is 0 Å². The molecule has 0 amide bonds. The number of Topliss-reactive ketones (excluding diaryl/α,β-unsaturated/α-hetero) is 2. The van der Waals surface area contributed by atoms with Crippen molar-refractivity contribution in [1.29, 1.82) is 0 Å². The monoisotopic (exact) mass is 273 g/mol. The zero-order valence-corrected chi connectivity index (χ0v) is 11.8. The van der Waals surface area contributed by atoms with Gasteiger partial charge in [0.1, 0.15) is 10.8 Å². The van der Waals surface area contributed by atoms with Gasteiger partial charge in [0, 0.05) is 23.1 Å². The van der Waals surface area contributed by atoms with Crippen LogP contribution in [0.25, 0.3) is 0 Å². The van der Waals surface area contributed by atoms with Crippen molar-refractivity contribution in [2.75, 3.05) is 0 Å². The number of rotatable bonds is 5. The quantitative estimate of drug-likeness (QED) is 0.787. The molecular weight excluding hydrogens is 258 g/mol. The van der Waals surface area contributed by atoms with Crippen molar-refractivity contribution in [3.05, 3.63) is 51.5 Å². The summed E-state index contributed by atoms with van der Waals surface area (Å²) in [6, 6.07) is 7.23. The summed E-state index contributed by atoms with van der Waals surface area (Å²) in [7, 11) is 0. The molecule has 3 nitrogen and oxygen atoms in total. The Labute approximate surface area is 116 Å². The molecular formula is C15H15NO2S. The molecule has 0 bridgehead atoms. The maximum Gasteiger partial charge on any atom is 0.169 e. The van der Waals surface area contributed by atoms with Gasteiger partial charge in [0.25, 0.3) is 0 Å². The molecule has 98 valence electrons. The standard InChI is InChI=1S/C15H15NO2S/c1-10(17)7-12-3-5-13(6-4-12)14(18)8-15-16-9-11(2)19-15/h3-6,9H,7-8H2,1-2H3. The van der Waals surface area contributed by atoms with E-state index >= 15 is 0 Å². The van der Waals surface area contributed by atoms with Crippen LogP contribution >= 0.6 is 11.3 Å². The first-order valence-electron chi connectivity index (χ1n) is 6.07. The van der Waals surface area contributed by atoms with Crippen molar-refractivity contribution in [1.82, 2.24) is 4.98 Å². The van der Waals surface area contributed by atoms with Gasteiger partial charge in [-0.25, -0.2) is 4.98 Å². The molecule has 19 heavy (non-hydrogen) atoms. The van der Waals surface area contributed by atoms with Gasteiger partial charge >= 0.3 is 0 Å². The fourth-order valence-electron chi connectivity index (χ4n) is 1.82. The summed E-state index contributed by atoms with van der Waals surface area (Å²) in [5.41, 5.74) is 1.61. The van der Waals surface area contributed by atoms with E-state index in [1.54, 1.807) is 36.6 Å². The van der Waals surface area contributed by atoms with E-state index in [0.29, 0.717) is 18.4 Å². The lowest BCUT2D eigenvalue weighted by Crippen LogP contribution is -2.04. The largest absolute Gasteiger partial charge is 0.300 e. The summed E-state index contributed by atoms with van der Waals surface area (Å²) in [5.74, 6) is 0.182. The SMILES string of the molecule is CC(=O)Cc1ccc(C(=O)Cc2ncc(C)s2)cc1. The van der Waals surface area contributed by atoms with Gasteiger partial charge in [-0.05, 0) is 19.4 Å². The van der Waals surface area contributed by atoms with Gasteiger partial charge in [0.2, 0.25) is 0 Å². The Hall–Kier alpha value is -1.81. The van der Waals surface area contributed by atoms with E-state index in [1.165, 1.54) is 0 Å². The number of hydrogen-bond donors (Lipinski definition) is 0. The Morgan fingerprint density at radius 3 is 2.37 bits per heavy atom. The van der Waals surface area contributed by atoms with Gasteiger partial charge in [-0.3, -0.25) is 9.59 Å². The molecule has 0 N–H and O–H groups in total. The number of nitrogens with zero attached hydrogens (tertiary/aromatic N) is 1. The fourth-order valence-corrected chi connectivity index (χ4v) is 2.60. The van der Waals surface area contributed by atoms with Crippen molar-refractivity contribution in [2.24, 2.45) is 0 Å². The Bertz CT molecular complexity index is 599. The minimum absolute atomic E-state index is 0.0590. The highest BCUT2D eigenvalue weighted by Gasteiger charge is 2.09. The Morgan fingerprint density at radius 1 is 1.16 bits per heavy atom. The molecule has 0 saturated heterocycles. The fraction of sp³-hybridized carbons (Fsp3) is 0.267. The molecule has 0 aliphatic carbocycles. The molecule has 2 rings (SSSR count). The normalized spacial score (nSPS) is 10.4. The molecule has 0 unspecified atom stereocenters. The molecule has 0 aliphatic heterocycles. The first kappa shape index (κ1) is 13.6. The number of hydrogen-bond acceptors (Lipinski definition) is 4. The van der Waals surface area contributed by atoms with E-state index < -0.39 is 0 Å². The third-order valence-corrected chi connectivity index (χ3v) is 3.62. The number of thiazole rings is 1. The number of aryl methyl sites for hydroxylation is 1. The summed E-state index contributed by atoms with van der Waals surface area (Å²) in [5, 5.41) is 0.843. The highest BCUT2D eigenvalue weighted by atomic mass is 32.1. The van der Waals surface area contributed by atoms with Crippen molar-refractivity contribution in [3.8, 4) is 0 Å². The number of ketones is 2. The highest BCUT2D eigenvalue weighted by molar-refractivity contribution is 7.11. The van der Waals surface area contributed by atoms with E-state index in [0.717, 1.165) is 15.4 Å². The molecule has 0 fully saturated rings. The second kappa shape index (κ2) is 5.89. The van der Waals surface area contributed by atoms with Crippen LogP contribution in [0, 0.1) is 6.92 Å². The van der Waals surface area contributed by atoms with Gasteiger partial charge in [0.15, 0.2) is 5.78 Å². The lowest BCUT2D eigenvalue weighted by molar-refractivity contribution is -0.116. The van der Waals surface area contributed by atoms with E-state index in [4.69, 9.17) is 0 Å². The molecule has 2 aromatic rings. The number of benzene rings is 1. The number of aromatic nitrogens is 1. The molecule has 1 heterocycles. The van der Waals surface area contributed by atoms with Crippen molar-refractivity contribution in [3.63, 3.8) is 0 Å². The van der Waals surface area contributed by atoms with Crippen LogP contribution in [0.2, 0.25) is 0 Å². The molecule has 0 saturated carbocycles. The lowest BCUT2D eigenvalue weighted by Gasteiger charge is -2.01. The molecule has 0 spiro atoms. The van der Waals surface area contributed by atoms with Crippen LogP contribution in [0.15, 0.2) is 30.5 Å². The average Bonchev–Trinajstić information content (AvgIpc) is 2.75. The van der Waals surface area contributed by atoms with Gasteiger partial charge in [-0.2, -0.15) is 0 Å². The molecule has 0 aliphatic rings. The van der Waals surface area contributed by atoms with Gasteiger partial charge in [-0.1, -0.05) is 24.3 Å². The summed E-state index contributed by atoms with van der Waals surface area (Å²) < 4.78 is 0. The second-order valence-corrected chi connectivity index (χ2v) is 5.86. The first-order valence-corrected chi connectivity index (χ1v) is 6.89. The lowest BCUT2D eigenvalue weighted by atomic mass is 10.0. The number of carbonyl (C=O) groups is 2. The Morgan fingerprint density at radius 2 is 1.84 bits per heavy atom. The minimum atomic E-state index is 0.0590. The van der Waals surface area contributed by atoms with E-state index in [1.807, 2.05) is 19.1 Å². The molecule has 1 aromatic carbocycles. The molecule has 0 radical (unpaired) electrons. The molecule has 0 atom stereocenters. The maximum absolute atomic E-state index is 12.1. The number of carbonyl (C=O) groups excluding carboxylic acids is 2. The van der Waals surface area contributed by atoms with Crippen molar-refractivity contribution in [2.45, 2.75) is 26.7 Å². The minimum Gasteiger partial charge on any atom is -0.300 e. The van der Waals surface area contributed by atoms with Crippen molar-refractivity contribution < 1.29 is 9.59 Å². The van der Waals surface area contributed by atoms with E-state index in [9.17, 15) is 9.59 Å². The Kier molecular flexibility index (Phi) is 4.22. The van der Waals surface area contributed by atoms with Gasteiger partial charge < -0.3 is 0 Å². The van der Waals surface area contributed by atoms with Crippen LogP contribution in [0.4, 0.5) is 0 Å². The summed E-state index contributed by atoms with van der Waals surface area (Å²) in [4.78, 5) is 28.4. The predicted octanol–water partition coefficient (Wildman–Crippen LogP) is 3.01. The molecule has 4 heteroatoms. The third kappa shape index (κ3) is 3.83. The van der Waals surface area contributed by atoms with Crippen LogP contribution in [-0.2, 0) is 17.6 Å². The summed E-state index contributed by atoms with van der Waals surface area (Å²) in [6.07, 6.45) is 2.54. The first-order chi connectivity index (χ1) is 9.04. The maximum atomic E-state index is 12.1. The van der Waals surface area contributed by atoms with Crippen LogP contribution < -0.4 is 0 Å². The van der Waals surface area contributed by atoms with Crippen LogP contribution in [0.1, 0.15) is 32.7 Å². The second-order valence-electron chi connectivity index (χ2n) is 4.54. The van der Waals surface area contributed by atoms with E-state index in [2.05, 4.69) is 4.98 Å². The smallest absolute Gasteiger partial charge is 0.169 e. The summed E-state index contributed by atoms with van der Waals surface area (Å²) in [6.45, 7) is 3.53. The van der Waals surface area contributed by atoms with Crippen molar-refractivity contribution >= 4 is 22.9 Å². The topological polar surface area (TPSA) is 47.0 Å².